The fourth-order valence-corrected chi connectivity index (χ4v) is 3.91. The van der Waals surface area contributed by atoms with Gasteiger partial charge in [0.2, 0.25) is 5.91 Å². The minimum absolute atomic E-state index is 0.0979. The SMILES string of the molecule is Cc1ccc(C(=O)N2CC3(CNC(=O)N3C)C2)cc1NC(=O)CCc1cccnc1. The molecule has 4 amide bonds. The zero-order valence-corrected chi connectivity index (χ0v) is 17.1. The van der Waals surface area contributed by atoms with Gasteiger partial charge in [0.25, 0.3) is 5.91 Å². The highest BCUT2D eigenvalue weighted by molar-refractivity contribution is 5.98. The van der Waals surface area contributed by atoms with E-state index in [9.17, 15) is 14.4 Å². The minimum atomic E-state index is -0.305. The van der Waals surface area contributed by atoms with Crippen molar-refractivity contribution in [2.45, 2.75) is 25.3 Å². The highest BCUT2D eigenvalue weighted by atomic mass is 16.2. The fraction of sp³-hybridized carbons (Fsp3) is 0.364. The van der Waals surface area contributed by atoms with Crippen molar-refractivity contribution in [1.82, 2.24) is 20.1 Å². The normalized spacial score (nSPS) is 16.9. The number of aromatic nitrogens is 1. The third kappa shape index (κ3) is 3.72. The Morgan fingerprint density at radius 2 is 2.07 bits per heavy atom. The molecule has 3 heterocycles. The van der Waals surface area contributed by atoms with Gasteiger partial charge in [-0.2, -0.15) is 0 Å². The number of likely N-dealkylation sites (N-methyl/N-ethyl adjacent to an activating group) is 1. The first-order valence-corrected chi connectivity index (χ1v) is 9.98. The molecule has 156 valence electrons. The Bertz CT molecular complexity index is 986. The second-order valence-corrected chi connectivity index (χ2v) is 8.04. The number of rotatable bonds is 5. The van der Waals surface area contributed by atoms with Crippen LogP contribution in [0.1, 0.15) is 27.9 Å². The summed E-state index contributed by atoms with van der Waals surface area (Å²) in [5.74, 6) is -0.203. The molecule has 0 aliphatic carbocycles. The summed E-state index contributed by atoms with van der Waals surface area (Å²) in [6, 6.07) is 9.03. The molecule has 2 fully saturated rings. The molecular formula is C22H25N5O3. The van der Waals surface area contributed by atoms with Crippen molar-refractivity contribution in [3.8, 4) is 0 Å². The molecule has 2 aliphatic heterocycles. The Kier molecular flexibility index (Phi) is 5.15. The maximum atomic E-state index is 12.9. The standard InChI is InChI=1S/C22H25N5O3/c1-15-5-7-17(20(29)27-13-22(14-27)12-24-21(30)26(22)2)10-18(15)25-19(28)8-6-16-4-3-9-23-11-16/h3-5,7,9-11H,6,8,12-14H2,1-2H3,(H,24,30)(H,25,28). The lowest BCUT2D eigenvalue weighted by molar-refractivity contribution is -0.116. The number of hydrogen-bond acceptors (Lipinski definition) is 4. The van der Waals surface area contributed by atoms with Crippen molar-refractivity contribution in [2.75, 3.05) is 32.0 Å². The third-order valence-corrected chi connectivity index (χ3v) is 5.96. The molecule has 0 bridgehead atoms. The number of amides is 4. The first-order valence-electron chi connectivity index (χ1n) is 9.98. The van der Waals surface area contributed by atoms with E-state index in [2.05, 4.69) is 15.6 Å². The maximum absolute atomic E-state index is 12.9. The number of anilines is 1. The van der Waals surface area contributed by atoms with Crippen LogP contribution in [0.15, 0.2) is 42.7 Å². The number of aryl methyl sites for hydroxylation is 2. The number of likely N-dealkylation sites (tertiary alicyclic amines) is 1. The average molecular weight is 407 g/mol. The van der Waals surface area contributed by atoms with Crippen LogP contribution >= 0.6 is 0 Å². The summed E-state index contributed by atoms with van der Waals surface area (Å²) in [5.41, 5.74) is 2.76. The highest BCUT2D eigenvalue weighted by Crippen LogP contribution is 2.31. The molecule has 2 aliphatic rings. The molecule has 2 N–H and O–H groups in total. The van der Waals surface area contributed by atoms with Gasteiger partial charge in [-0.1, -0.05) is 12.1 Å². The van der Waals surface area contributed by atoms with Crippen LogP contribution in [-0.2, 0) is 11.2 Å². The molecule has 0 unspecified atom stereocenters. The predicted molar refractivity (Wildman–Crippen MR) is 112 cm³/mol. The van der Waals surface area contributed by atoms with Crippen LogP contribution in [0.25, 0.3) is 0 Å². The zero-order valence-electron chi connectivity index (χ0n) is 17.1. The lowest BCUT2D eigenvalue weighted by Gasteiger charge is -2.50. The van der Waals surface area contributed by atoms with E-state index in [1.807, 2.05) is 25.1 Å². The maximum Gasteiger partial charge on any atom is 0.317 e. The van der Waals surface area contributed by atoms with E-state index >= 15 is 0 Å². The number of hydrogen-bond donors (Lipinski definition) is 2. The number of carbonyl (C=O) groups is 3. The summed E-state index contributed by atoms with van der Waals surface area (Å²) < 4.78 is 0. The summed E-state index contributed by atoms with van der Waals surface area (Å²) in [4.78, 5) is 44.5. The average Bonchev–Trinajstić information content (AvgIpc) is 3.02. The number of carbonyl (C=O) groups excluding carboxylic acids is 3. The molecular weight excluding hydrogens is 382 g/mol. The number of nitrogens with zero attached hydrogens (tertiary/aromatic N) is 3. The summed E-state index contributed by atoms with van der Waals surface area (Å²) in [7, 11) is 1.76. The van der Waals surface area contributed by atoms with E-state index in [-0.39, 0.29) is 23.4 Å². The summed E-state index contributed by atoms with van der Waals surface area (Å²) >= 11 is 0. The molecule has 1 spiro atoms. The lowest BCUT2D eigenvalue weighted by atomic mass is 9.88. The van der Waals surface area contributed by atoms with Gasteiger partial charge in [0.15, 0.2) is 0 Å². The van der Waals surface area contributed by atoms with Crippen molar-refractivity contribution in [1.29, 1.82) is 0 Å². The van der Waals surface area contributed by atoms with Gasteiger partial charge < -0.3 is 20.4 Å². The van der Waals surface area contributed by atoms with Crippen LogP contribution in [0.5, 0.6) is 0 Å². The van der Waals surface area contributed by atoms with Gasteiger partial charge in [-0.05, 0) is 42.7 Å². The lowest BCUT2D eigenvalue weighted by Crippen LogP contribution is -2.70. The summed E-state index contributed by atoms with van der Waals surface area (Å²) in [6.45, 7) is 3.45. The van der Waals surface area contributed by atoms with Crippen LogP contribution in [0.2, 0.25) is 0 Å². The molecule has 4 rings (SSSR count). The molecule has 1 aromatic heterocycles. The Balaban J connectivity index is 1.38. The molecule has 0 atom stereocenters. The molecule has 1 aromatic carbocycles. The highest BCUT2D eigenvalue weighted by Gasteiger charge is 2.53. The molecule has 8 nitrogen and oxygen atoms in total. The third-order valence-electron chi connectivity index (χ3n) is 5.96. The van der Waals surface area contributed by atoms with E-state index < -0.39 is 0 Å². The second-order valence-electron chi connectivity index (χ2n) is 8.04. The van der Waals surface area contributed by atoms with Gasteiger partial charge >= 0.3 is 6.03 Å². The molecule has 0 radical (unpaired) electrons. The number of pyridine rings is 1. The van der Waals surface area contributed by atoms with Crippen LogP contribution in [0.3, 0.4) is 0 Å². The van der Waals surface area contributed by atoms with E-state index in [1.54, 1.807) is 41.4 Å². The van der Waals surface area contributed by atoms with Crippen molar-refractivity contribution in [3.05, 3.63) is 59.4 Å². The first kappa shape index (κ1) is 19.9. The van der Waals surface area contributed by atoms with Crippen LogP contribution in [0.4, 0.5) is 10.5 Å². The van der Waals surface area contributed by atoms with Gasteiger partial charge in [-0.15, -0.1) is 0 Å². The van der Waals surface area contributed by atoms with E-state index in [1.165, 1.54) is 0 Å². The smallest absolute Gasteiger partial charge is 0.317 e. The van der Waals surface area contributed by atoms with Crippen molar-refractivity contribution in [2.24, 2.45) is 0 Å². The van der Waals surface area contributed by atoms with Crippen LogP contribution in [0, 0.1) is 6.92 Å². The van der Waals surface area contributed by atoms with Crippen molar-refractivity contribution < 1.29 is 14.4 Å². The summed E-state index contributed by atoms with van der Waals surface area (Å²) in [5, 5.41) is 5.74. The summed E-state index contributed by atoms with van der Waals surface area (Å²) in [6.07, 6.45) is 4.40. The number of benzene rings is 1. The monoisotopic (exact) mass is 407 g/mol. The first-order chi connectivity index (χ1) is 14.4. The van der Waals surface area contributed by atoms with E-state index in [0.717, 1.165) is 11.1 Å². The van der Waals surface area contributed by atoms with E-state index in [4.69, 9.17) is 0 Å². The zero-order chi connectivity index (χ0) is 21.3. The number of nitrogens with one attached hydrogen (secondary N) is 2. The Hall–Kier alpha value is -3.42. The quantitative estimate of drug-likeness (QED) is 0.790. The van der Waals surface area contributed by atoms with Crippen molar-refractivity contribution >= 4 is 23.5 Å². The topological polar surface area (TPSA) is 94.6 Å². The van der Waals surface area contributed by atoms with Gasteiger partial charge in [-0.25, -0.2) is 4.79 Å². The van der Waals surface area contributed by atoms with Crippen LogP contribution < -0.4 is 10.6 Å². The van der Waals surface area contributed by atoms with Crippen molar-refractivity contribution in [3.63, 3.8) is 0 Å². The Morgan fingerprint density at radius 1 is 1.27 bits per heavy atom. The Morgan fingerprint density at radius 3 is 2.73 bits per heavy atom. The van der Waals surface area contributed by atoms with Crippen LogP contribution in [-0.4, -0.2) is 64.9 Å². The van der Waals surface area contributed by atoms with Gasteiger partial charge in [-0.3, -0.25) is 14.6 Å². The largest absolute Gasteiger partial charge is 0.335 e. The molecule has 2 aromatic rings. The molecule has 30 heavy (non-hydrogen) atoms. The van der Waals surface area contributed by atoms with Gasteiger partial charge in [0.1, 0.15) is 0 Å². The molecule has 2 saturated heterocycles. The molecule has 0 saturated carbocycles. The number of urea groups is 1. The minimum Gasteiger partial charge on any atom is -0.335 e. The fourth-order valence-electron chi connectivity index (χ4n) is 3.91. The second kappa shape index (κ2) is 7.78. The molecule has 8 heteroatoms. The van der Waals surface area contributed by atoms with Gasteiger partial charge in [0.05, 0.1) is 5.54 Å². The van der Waals surface area contributed by atoms with E-state index in [0.29, 0.717) is 43.7 Å². The predicted octanol–water partition coefficient (Wildman–Crippen LogP) is 1.81. The van der Waals surface area contributed by atoms with Gasteiger partial charge in [0, 0.05) is 56.7 Å². The Labute approximate surface area is 175 Å².